The van der Waals surface area contributed by atoms with Crippen molar-refractivity contribution >= 4 is 5.82 Å². The highest BCUT2D eigenvalue weighted by Crippen LogP contribution is 2.35. The van der Waals surface area contributed by atoms with E-state index in [1.165, 1.54) is 11.1 Å². The molecule has 2 aromatic heterocycles. The maximum atomic E-state index is 6.23. The van der Waals surface area contributed by atoms with Crippen molar-refractivity contribution in [3.05, 3.63) is 53.7 Å². The molecule has 4 nitrogen and oxygen atoms in total. The van der Waals surface area contributed by atoms with Gasteiger partial charge in [0.25, 0.3) is 0 Å². The van der Waals surface area contributed by atoms with Gasteiger partial charge in [0.1, 0.15) is 11.5 Å². The van der Waals surface area contributed by atoms with Gasteiger partial charge in [-0.15, -0.1) is 0 Å². The fourth-order valence-corrected chi connectivity index (χ4v) is 2.40. The van der Waals surface area contributed by atoms with Crippen molar-refractivity contribution in [1.29, 1.82) is 0 Å². The van der Waals surface area contributed by atoms with E-state index in [1.54, 1.807) is 10.9 Å². The van der Waals surface area contributed by atoms with Crippen molar-refractivity contribution in [2.75, 3.05) is 5.73 Å². The van der Waals surface area contributed by atoms with E-state index in [9.17, 15) is 0 Å². The SMILES string of the molecule is Cc1ccc(-c2c(-c3ccccn3)nn(C)c2N)cc1C. The molecule has 0 spiro atoms. The zero-order valence-corrected chi connectivity index (χ0v) is 12.5. The molecule has 0 atom stereocenters. The van der Waals surface area contributed by atoms with Crippen LogP contribution < -0.4 is 5.73 Å². The van der Waals surface area contributed by atoms with Crippen molar-refractivity contribution in [2.24, 2.45) is 7.05 Å². The summed E-state index contributed by atoms with van der Waals surface area (Å²) in [7, 11) is 1.85. The quantitative estimate of drug-likeness (QED) is 0.782. The van der Waals surface area contributed by atoms with E-state index in [0.29, 0.717) is 5.82 Å². The number of nitrogens with two attached hydrogens (primary N) is 1. The molecule has 0 aliphatic carbocycles. The molecule has 21 heavy (non-hydrogen) atoms. The molecule has 0 saturated carbocycles. The summed E-state index contributed by atoms with van der Waals surface area (Å²) in [5.74, 6) is 0.652. The van der Waals surface area contributed by atoms with Crippen LogP contribution in [0.3, 0.4) is 0 Å². The molecule has 0 bridgehead atoms. The van der Waals surface area contributed by atoms with Crippen LogP contribution in [0.5, 0.6) is 0 Å². The molecule has 106 valence electrons. The van der Waals surface area contributed by atoms with Gasteiger partial charge in [-0.05, 0) is 42.7 Å². The Hall–Kier alpha value is -2.62. The maximum absolute atomic E-state index is 6.23. The smallest absolute Gasteiger partial charge is 0.129 e. The molecular weight excluding hydrogens is 260 g/mol. The summed E-state index contributed by atoms with van der Waals surface area (Å²) in [5, 5.41) is 4.54. The number of nitrogen functional groups attached to an aromatic ring is 1. The number of benzene rings is 1. The van der Waals surface area contributed by atoms with Crippen LogP contribution >= 0.6 is 0 Å². The Balaban J connectivity index is 2.24. The highest BCUT2D eigenvalue weighted by Gasteiger charge is 2.18. The second-order valence-corrected chi connectivity index (χ2v) is 5.25. The average Bonchev–Trinajstić information content (AvgIpc) is 2.79. The summed E-state index contributed by atoms with van der Waals surface area (Å²) in [6, 6.07) is 12.1. The van der Waals surface area contributed by atoms with Crippen LogP contribution in [0, 0.1) is 13.8 Å². The van der Waals surface area contributed by atoms with Gasteiger partial charge in [0.15, 0.2) is 0 Å². The zero-order chi connectivity index (χ0) is 15.0. The van der Waals surface area contributed by atoms with Gasteiger partial charge >= 0.3 is 0 Å². The number of aromatic nitrogens is 3. The van der Waals surface area contributed by atoms with Crippen LogP contribution in [0.15, 0.2) is 42.6 Å². The second-order valence-electron chi connectivity index (χ2n) is 5.25. The molecule has 0 radical (unpaired) electrons. The largest absolute Gasteiger partial charge is 0.383 e. The fraction of sp³-hybridized carbons (Fsp3) is 0.176. The first-order chi connectivity index (χ1) is 10.1. The summed E-state index contributed by atoms with van der Waals surface area (Å²) in [4.78, 5) is 4.40. The van der Waals surface area contributed by atoms with Crippen LogP contribution in [0.2, 0.25) is 0 Å². The number of hydrogen-bond acceptors (Lipinski definition) is 3. The highest BCUT2D eigenvalue weighted by atomic mass is 15.3. The number of nitrogens with zero attached hydrogens (tertiary/aromatic N) is 3. The molecule has 3 rings (SSSR count). The first kappa shape index (κ1) is 13.4. The van der Waals surface area contributed by atoms with Gasteiger partial charge in [-0.3, -0.25) is 9.67 Å². The lowest BCUT2D eigenvalue weighted by atomic mass is 9.99. The number of aryl methyl sites for hydroxylation is 3. The third kappa shape index (κ3) is 2.29. The van der Waals surface area contributed by atoms with Gasteiger partial charge in [-0.1, -0.05) is 24.3 Å². The molecule has 0 saturated heterocycles. The first-order valence-corrected chi connectivity index (χ1v) is 6.89. The molecule has 1 aromatic carbocycles. The summed E-state index contributed by atoms with van der Waals surface area (Å²) in [5.41, 5.74) is 12.4. The van der Waals surface area contributed by atoms with Crippen molar-refractivity contribution in [1.82, 2.24) is 14.8 Å². The number of pyridine rings is 1. The molecule has 0 aliphatic heterocycles. The standard InChI is InChI=1S/C17H18N4/c1-11-7-8-13(10-12(11)2)15-16(20-21(3)17(15)18)14-6-4-5-9-19-14/h4-10H,18H2,1-3H3. The Morgan fingerprint density at radius 1 is 1.05 bits per heavy atom. The fourth-order valence-electron chi connectivity index (χ4n) is 2.40. The van der Waals surface area contributed by atoms with Gasteiger partial charge in [-0.25, -0.2) is 0 Å². The lowest BCUT2D eigenvalue weighted by molar-refractivity contribution is 0.781. The van der Waals surface area contributed by atoms with E-state index in [2.05, 4.69) is 42.1 Å². The predicted octanol–water partition coefficient (Wildman–Crippen LogP) is 3.35. The number of hydrogen-bond donors (Lipinski definition) is 1. The van der Waals surface area contributed by atoms with Gasteiger partial charge < -0.3 is 5.73 Å². The van der Waals surface area contributed by atoms with E-state index in [1.807, 2.05) is 25.2 Å². The maximum Gasteiger partial charge on any atom is 0.129 e. The molecule has 0 amide bonds. The topological polar surface area (TPSA) is 56.7 Å². The molecule has 0 aliphatic rings. The molecule has 2 N–H and O–H groups in total. The lowest BCUT2D eigenvalue weighted by Gasteiger charge is -2.07. The Morgan fingerprint density at radius 3 is 2.52 bits per heavy atom. The van der Waals surface area contributed by atoms with Crippen molar-refractivity contribution in [3.63, 3.8) is 0 Å². The zero-order valence-electron chi connectivity index (χ0n) is 12.5. The molecule has 3 aromatic rings. The Kier molecular flexibility index (Phi) is 3.22. The van der Waals surface area contributed by atoms with E-state index in [-0.39, 0.29) is 0 Å². The van der Waals surface area contributed by atoms with E-state index < -0.39 is 0 Å². The average molecular weight is 278 g/mol. The Morgan fingerprint density at radius 2 is 1.86 bits per heavy atom. The molecular formula is C17H18N4. The second kappa shape index (κ2) is 5.05. The van der Waals surface area contributed by atoms with Gasteiger partial charge in [0.05, 0.1) is 11.3 Å². The molecule has 0 unspecified atom stereocenters. The van der Waals surface area contributed by atoms with E-state index >= 15 is 0 Å². The molecule has 0 fully saturated rings. The van der Waals surface area contributed by atoms with Crippen LogP contribution in [0.25, 0.3) is 22.5 Å². The molecule has 4 heteroatoms. The number of anilines is 1. The van der Waals surface area contributed by atoms with Crippen molar-refractivity contribution in [2.45, 2.75) is 13.8 Å². The summed E-state index contributed by atoms with van der Waals surface area (Å²) < 4.78 is 1.70. The normalized spacial score (nSPS) is 10.8. The summed E-state index contributed by atoms with van der Waals surface area (Å²) in [6.07, 6.45) is 1.77. The molecule has 2 heterocycles. The number of rotatable bonds is 2. The van der Waals surface area contributed by atoms with Crippen LogP contribution in [-0.4, -0.2) is 14.8 Å². The van der Waals surface area contributed by atoms with Crippen LogP contribution in [0.4, 0.5) is 5.82 Å². The predicted molar refractivity (Wildman–Crippen MR) is 85.8 cm³/mol. The van der Waals surface area contributed by atoms with E-state index in [4.69, 9.17) is 5.73 Å². The lowest BCUT2D eigenvalue weighted by Crippen LogP contribution is -1.98. The minimum Gasteiger partial charge on any atom is -0.383 e. The summed E-state index contributed by atoms with van der Waals surface area (Å²) >= 11 is 0. The van der Waals surface area contributed by atoms with Crippen LogP contribution in [-0.2, 0) is 7.05 Å². The highest BCUT2D eigenvalue weighted by molar-refractivity contribution is 5.87. The minimum absolute atomic E-state index is 0.652. The van der Waals surface area contributed by atoms with E-state index in [0.717, 1.165) is 22.5 Å². The summed E-state index contributed by atoms with van der Waals surface area (Å²) in [6.45, 7) is 4.21. The third-order valence-corrected chi connectivity index (χ3v) is 3.79. The Labute approximate surface area is 124 Å². The van der Waals surface area contributed by atoms with Crippen molar-refractivity contribution < 1.29 is 0 Å². The Bertz CT molecular complexity index is 788. The van der Waals surface area contributed by atoms with Gasteiger partial charge in [-0.2, -0.15) is 5.10 Å². The monoisotopic (exact) mass is 278 g/mol. The van der Waals surface area contributed by atoms with Gasteiger partial charge in [0, 0.05) is 13.2 Å². The van der Waals surface area contributed by atoms with Crippen LogP contribution in [0.1, 0.15) is 11.1 Å². The minimum atomic E-state index is 0.652. The van der Waals surface area contributed by atoms with Gasteiger partial charge in [0.2, 0.25) is 0 Å². The first-order valence-electron chi connectivity index (χ1n) is 6.89. The van der Waals surface area contributed by atoms with Crippen molar-refractivity contribution in [3.8, 4) is 22.5 Å². The third-order valence-electron chi connectivity index (χ3n) is 3.79.